The zero-order chi connectivity index (χ0) is 22.2. The van der Waals surface area contributed by atoms with E-state index in [0.717, 1.165) is 24.0 Å². The average molecular weight is 565 g/mol. The van der Waals surface area contributed by atoms with Gasteiger partial charge in [-0.2, -0.15) is 13.2 Å². The molecule has 0 aliphatic rings. The highest BCUT2D eigenvalue weighted by atomic mass is 127. The van der Waals surface area contributed by atoms with E-state index in [1.807, 2.05) is 0 Å². The summed E-state index contributed by atoms with van der Waals surface area (Å²) < 4.78 is 61.1. The van der Waals surface area contributed by atoms with E-state index in [4.69, 9.17) is 0 Å². The van der Waals surface area contributed by atoms with Crippen LogP contribution in [0.15, 0.2) is 58.4 Å². The number of sulfone groups is 1. The minimum Gasteiger partial charge on any atom is -0.356 e. The van der Waals surface area contributed by atoms with E-state index in [-0.39, 0.29) is 41.0 Å². The predicted octanol–water partition coefficient (Wildman–Crippen LogP) is 3.49. The van der Waals surface area contributed by atoms with Crippen molar-refractivity contribution >= 4 is 39.8 Å². The quantitative estimate of drug-likeness (QED) is 0.252. The van der Waals surface area contributed by atoms with Gasteiger partial charge in [0.05, 0.1) is 17.0 Å². The number of hydrogen-bond acceptors (Lipinski definition) is 3. The first-order valence-electron chi connectivity index (χ1n) is 8.99. The number of nitrogens with zero attached hydrogens (tertiary/aromatic N) is 1. The maximum Gasteiger partial charge on any atom is 0.416 e. The molecule has 0 aliphatic carbocycles. The van der Waals surface area contributed by atoms with Crippen molar-refractivity contribution in [3.63, 3.8) is 0 Å². The van der Waals surface area contributed by atoms with E-state index in [2.05, 4.69) is 27.5 Å². The van der Waals surface area contributed by atoms with Gasteiger partial charge in [0.2, 0.25) is 0 Å². The van der Waals surface area contributed by atoms with Crippen LogP contribution in [-0.2, 0) is 22.4 Å². The predicted molar refractivity (Wildman–Crippen MR) is 126 cm³/mol. The molecule has 0 unspecified atom stereocenters. The van der Waals surface area contributed by atoms with Crippen molar-refractivity contribution in [2.24, 2.45) is 4.99 Å². The number of aliphatic imine (C=N–C) groups is 1. The summed E-state index contributed by atoms with van der Waals surface area (Å²) in [6.07, 6.45) is -2.58. The molecule has 2 aromatic rings. The van der Waals surface area contributed by atoms with Crippen LogP contribution in [0.5, 0.6) is 0 Å². The molecule has 0 saturated carbocycles. The fraction of sp³-hybridized carbons (Fsp3) is 0.286. The smallest absolute Gasteiger partial charge is 0.356 e. The highest BCUT2D eigenvalue weighted by Crippen LogP contribution is 2.29. The Bertz CT molecular complexity index is 1060. The summed E-state index contributed by atoms with van der Waals surface area (Å²) in [4.78, 5) is 4.33. The first kappa shape index (κ1) is 26.8. The molecule has 0 spiro atoms. The molecule has 0 atom stereocenters. The van der Waals surface area contributed by atoms with Crippen molar-refractivity contribution < 1.29 is 21.6 Å². The maximum atomic E-state index is 12.7. The van der Waals surface area contributed by atoms with Gasteiger partial charge < -0.3 is 10.6 Å². The second-order valence-electron chi connectivity index (χ2n) is 6.40. The lowest BCUT2D eigenvalue weighted by Gasteiger charge is -2.10. The fourth-order valence-electron chi connectivity index (χ4n) is 2.50. The summed E-state index contributed by atoms with van der Waals surface area (Å²) in [6, 6.07) is 11.5. The van der Waals surface area contributed by atoms with Gasteiger partial charge >= 0.3 is 6.18 Å². The summed E-state index contributed by atoms with van der Waals surface area (Å²) in [6.45, 7) is 0.762. The minimum absolute atomic E-state index is 0. The highest BCUT2D eigenvalue weighted by molar-refractivity contribution is 14.0. The average Bonchev–Trinajstić information content (AvgIpc) is 2.69. The van der Waals surface area contributed by atoms with E-state index >= 15 is 0 Å². The molecule has 5 nitrogen and oxygen atoms in total. The summed E-state index contributed by atoms with van der Waals surface area (Å²) in [5.41, 5.74) is 0.520. The minimum atomic E-state index is -4.40. The van der Waals surface area contributed by atoms with Crippen LogP contribution in [0, 0.1) is 11.8 Å². The molecule has 2 aromatic carbocycles. The van der Waals surface area contributed by atoms with Gasteiger partial charge in [-0.25, -0.2) is 8.42 Å². The fourth-order valence-corrected chi connectivity index (χ4v) is 3.13. The largest absolute Gasteiger partial charge is 0.416 e. The molecular weight excluding hydrogens is 542 g/mol. The van der Waals surface area contributed by atoms with Gasteiger partial charge in [-0.1, -0.05) is 30.0 Å². The molecule has 168 valence electrons. The van der Waals surface area contributed by atoms with Crippen LogP contribution in [0.25, 0.3) is 0 Å². The van der Waals surface area contributed by atoms with Crippen LogP contribution in [-0.4, -0.2) is 40.8 Å². The number of hydrogen-bond donors (Lipinski definition) is 2. The van der Waals surface area contributed by atoms with Gasteiger partial charge in [-0.3, -0.25) is 4.99 Å². The molecule has 31 heavy (non-hydrogen) atoms. The van der Waals surface area contributed by atoms with Crippen molar-refractivity contribution in [1.29, 1.82) is 0 Å². The molecule has 0 saturated heterocycles. The van der Waals surface area contributed by atoms with Gasteiger partial charge in [0, 0.05) is 25.4 Å². The lowest BCUT2D eigenvalue weighted by atomic mass is 10.1. The number of guanidine groups is 1. The van der Waals surface area contributed by atoms with Gasteiger partial charge in [-0.05, 0) is 42.3 Å². The third-order valence-corrected chi connectivity index (χ3v) is 5.18. The first-order chi connectivity index (χ1) is 14.1. The van der Waals surface area contributed by atoms with Crippen molar-refractivity contribution in [3.05, 3.63) is 65.2 Å². The molecule has 0 aromatic heterocycles. The molecule has 0 aliphatic heterocycles. The number of nitrogens with one attached hydrogen (secondary N) is 2. The zero-order valence-electron chi connectivity index (χ0n) is 17.0. The summed E-state index contributed by atoms with van der Waals surface area (Å²) in [7, 11) is -1.62. The number of benzene rings is 2. The lowest BCUT2D eigenvalue weighted by Crippen LogP contribution is -2.38. The standard InChI is InChI=1S/C21H22F3N3O2S.HI/c1-25-20(27-14-12-16-8-10-19(11-9-16)30(2,28)29)26-13-4-6-17-5-3-7-18(15-17)21(22,23)24;/h3,5,7-11,15H,12-14H2,1-2H3,(H2,25,26,27);1H. The van der Waals surface area contributed by atoms with Crippen LogP contribution in [0.4, 0.5) is 13.2 Å². The van der Waals surface area contributed by atoms with Crippen molar-refractivity contribution in [3.8, 4) is 11.8 Å². The maximum absolute atomic E-state index is 12.7. The zero-order valence-corrected chi connectivity index (χ0v) is 20.1. The molecule has 0 fully saturated rings. The monoisotopic (exact) mass is 565 g/mol. The van der Waals surface area contributed by atoms with Gasteiger partial charge in [0.25, 0.3) is 0 Å². The SMILES string of the molecule is CN=C(NCC#Cc1cccc(C(F)(F)F)c1)NCCc1ccc(S(C)(=O)=O)cc1.I. The Morgan fingerprint density at radius 2 is 1.77 bits per heavy atom. The summed E-state index contributed by atoms with van der Waals surface area (Å²) in [5, 5.41) is 6.06. The Kier molecular flexibility index (Phi) is 10.3. The van der Waals surface area contributed by atoms with E-state index in [1.54, 1.807) is 31.3 Å². The normalized spacial score (nSPS) is 11.7. The van der Waals surface area contributed by atoms with Gasteiger partial charge in [0.15, 0.2) is 15.8 Å². The Morgan fingerprint density at radius 1 is 1.10 bits per heavy atom. The van der Waals surface area contributed by atoms with Crippen LogP contribution in [0.2, 0.25) is 0 Å². The highest BCUT2D eigenvalue weighted by Gasteiger charge is 2.30. The topological polar surface area (TPSA) is 70.6 Å². The third-order valence-electron chi connectivity index (χ3n) is 4.05. The van der Waals surface area contributed by atoms with Crippen molar-refractivity contribution in [2.45, 2.75) is 17.5 Å². The number of rotatable bonds is 5. The Balaban J connectivity index is 0.00000480. The van der Waals surface area contributed by atoms with Crippen LogP contribution >= 0.6 is 24.0 Å². The molecule has 2 rings (SSSR count). The van der Waals surface area contributed by atoms with Crippen LogP contribution in [0.3, 0.4) is 0 Å². The van der Waals surface area contributed by atoms with E-state index < -0.39 is 21.6 Å². The van der Waals surface area contributed by atoms with E-state index in [0.29, 0.717) is 18.9 Å². The second-order valence-corrected chi connectivity index (χ2v) is 8.41. The number of alkyl halides is 3. The molecule has 10 heteroatoms. The third kappa shape index (κ3) is 9.18. The van der Waals surface area contributed by atoms with Gasteiger partial charge in [-0.15, -0.1) is 24.0 Å². The van der Waals surface area contributed by atoms with E-state index in [9.17, 15) is 21.6 Å². The van der Waals surface area contributed by atoms with Crippen LogP contribution in [0.1, 0.15) is 16.7 Å². The second kappa shape index (κ2) is 12.0. The van der Waals surface area contributed by atoms with Crippen molar-refractivity contribution in [2.75, 3.05) is 26.4 Å². The molecule has 0 radical (unpaired) electrons. The number of halogens is 4. The lowest BCUT2D eigenvalue weighted by molar-refractivity contribution is -0.137. The van der Waals surface area contributed by atoms with Crippen molar-refractivity contribution in [1.82, 2.24) is 10.6 Å². The first-order valence-corrected chi connectivity index (χ1v) is 10.9. The van der Waals surface area contributed by atoms with E-state index in [1.165, 1.54) is 12.1 Å². The molecule has 0 amide bonds. The summed E-state index contributed by atoms with van der Waals surface area (Å²) in [5.74, 6) is 5.96. The Morgan fingerprint density at radius 3 is 2.35 bits per heavy atom. The molecule has 2 N–H and O–H groups in total. The molecule has 0 bridgehead atoms. The summed E-state index contributed by atoms with van der Waals surface area (Å²) >= 11 is 0. The van der Waals surface area contributed by atoms with Gasteiger partial charge in [0.1, 0.15) is 0 Å². The molecule has 0 heterocycles. The van der Waals surface area contributed by atoms with Crippen LogP contribution < -0.4 is 10.6 Å². The Labute approximate surface area is 197 Å². The molecular formula is C21H23F3IN3O2S. The Hall–Kier alpha value is -2.26.